The van der Waals surface area contributed by atoms with Crippen molar-refractivity contribution < 1.29 is 9.59 Å². The lowest BCUT2D eigenvalue weighted by Gasteiger charge is -2.15. The summed E-state index contributed by atoms with van der Waals surface area (Å²) in [5, 5.41) is 0. The molecular weight excluding hydrogens is 152 g/mol. The number of carbonyl (C=O) groups excluding carboxylic acids is 2. The van der Waals surface area contributed by atoms with Crippen molar-refractivity contribution in [2.45, 2.75) is 33.6 Å². The van der Waals surface area contributed by atoms with Crippen LogP contribution >= 0.6 is 0 Å². The Labute approximate surface area is 73.3 Å². The number of ketones is 1. The van der Waals surface area contributed by atoms with Gasteiger partial charge in [-0.2, -0.15) is 0 Å². The van der Waals surface area contributed by atoms with E-state index in [1.165, 1.54) is 0 Å². The molecule has 0 amide bonds. The molecule has 0 N–H and O–H groups in total. The van der Waals surface area contributed by atoms with Crippen LogP contribution in [0.5, 0.6) is 0 Å². The van der Waals surface area contributed by atoms with E-state index in [9.17, 15) is 9.59 Å². The van der Waals surface area contributed by atoms with E-state index < -0.39 is 0 Å². The topological polar surface area (TPSA) is 34.1 Å². The van der Waals surface area contributed by atoms with Gasteiger partial charge in [0.25, 0.3) is 0 Å². The molecule has 2 atom stereocenters. The van der Waals surface area contributed by atoms with E-state index in [-0.39, 0.29) is 23.0 Å². The van der Waals surface area contributed by atoms with Crippen LogP contribution in [0.15, 0.2) is 0 Å². The Morgan fingerprint density at radius 1 is 1.42 bits per heavy atom. The fraction of sp³-hybridized carbons (Fsp3) is 0.800. The first-order valence-electron chi connectivity index (χ1n) is 4.42. The minimum Gasteiger partial charge on any atom is -0.303 e. The Morgan fingerprint density at radius 2 is 2.00 bits per heavy atom. The van der Waals surface area contributed by atoms with Crippen molar-refractivity contribution in [3.05, 3.63) is 0 Å². The van der Waals surface area contributed by atoms with Gasteiger partial charge in [-0.15, -0.1) is 0 Å². The summed E-state index contributed by atoms with van der Waals surface area (Å²) >= 11 is 0. The maximum Gasteiger partial charge on any atom is 0.133 e. The summed E-state index contributed by atoms with van der Waals surface area (Å²) < 4.78 is 0. The zero-order valence-corrected chi connectivity index (χ0v) is 7.96. The fourth-order valence-corrected chi connectivity index (χ4v) is 2.20. The molecule has 0 unspecified atom stereocenters. The van der Waals surface area contributed by atoms with Crippen molar-refractivity contribution in [1.82, 2.24) is 0 Å². The summed E-state index contributed by atoms with van der Waals surface area (Å²) in [5.74, 6) is 0.118. The quantitative estimate of drug-likeness (QED) is 0.589. The minimum absolute atomic E-state index is 0.0162. The second kappa shape index (κ2) is 3.00. The van der Waals surface area contributed by atoms with E-state index in [0.29, 0.717) is 0 Å². The summed E-state index contributed by atoms with van der Waals surface area (Å²) in [7, 11) is 0. The van der Waals surface area contributed by atoms with Crippen LogP contribution in [0.3, 0.4) is 0 Å². The summed E-state index contributed by atoms with van der Waals surface area (Å²) in [6.45, 7) is 5.82. The molecule has 0 aromatic rings. The van der Waals surface area contributed by atoms with E-state index in [2.05, 4.69) is 13.8 Å². The third-order valence-electron chi connectivity index (χ3n) is 2.77. The van der Waals surface area contributed by atoms with E-state index in [0.717, 1.165) is 19.1 Å². The lowest BCUT2D eigenvalue weighted by molar-refractivity contribution is -0.125. The third kappa shape index (κ3) is 1.74. The Morgan fingerprint density at radius 3 is 2.33 bits per heavy atom. The highest BCUT2D eigenvalue weighted by Crippen LogP contribution is 2.44. The largest absolute Gasteiger partial charge is 0.303 e. The van der Waals surface area contributed by atoms with Crippen molar-refractivity contribution in [2.24, 2.45) is 17.3 Å². The van der Waals surface area contributed by atoms with Crippen LogP contribution in [0.1, 0.15) is 33.6 Å². The van der Waals surface area contributed by atoms with Crippen molar-refractivity contribution in [3.8, 4) is 0 Å². The molecule has 0 spiro atoms. The van der Waals surface area contributed by atoms with Gasteiger partial charge in [-0.05, 0) is 25.2 Å². The molecule has 2 nitrogen and oxygen atoms in total. The number of hydrogen-bond acceptors (Lipinski definition) is 2. The number of hydrogen-bond donors (Lipinski definition) is 0. The van der Waals surface area contributed by atoms with Crippen LogP contribution in [-0.4, -0.2) is 12.1 Å². The van der Waals surface area contributed by atoms with Crippen molar-refractivity contribution >= 4 is 12.1 Å². The summed E-state index contributed by atoms with van der Waals surface area (Å²) in [6.07, 6.45) is 2.67. The molecule has 0 radical (unpaired) electrons. The number of rotatable bonds is 2. The molecule has 68 valence electrons. The third-order valence-corrected chi connectivity index (χ3v) is 2.77. The molecule has 1 saturated carbocycles. The first-order valence-corrected chi connectivity index (χ1v) is 4.42. The highest BCUT2D eigenvalue weighted by atomic mass is 16.1. The predicted molar refractivity (Wildman–Crippen MR) is 46.7 cm³/mol. The number of Topliss-reactive ketones (excluding diaryl/α,β-unsaturated/α-hetero) is 1. The second-order valence-electron chi connectivity index (χ2n) is 4.59. The van der Waals surface area contributed by atoms with Crippen LogP contribution < -0.4 is 0 Å². The molecule has 1 rings (SSSR count). The predicted octanol–water partition coefficient (Wildman–Crippen LogP) is 1.83. The molecule has 2 heteroatoms. The molecule has 0 heterocycles. The molecule has 0 aromatic heterocycles. The van der Waals surface area contributed by atoms with Gasteiger partial charge in [-0.1, -0.05) is 13.8 Å². The van der Waals surface area contributed by atoms with Crippen LogP contribution in [0.4, 0.5) is 0 Å². The fourth-order valence-electron chi connectivity index (χ4n) is 2.20. The van der Waals surface area contributed by atoms with E-state index in [1.807, 2.05) is 0 Å². The van der Waals surface area contributed by atoms with Crippen LogP contribution in [-0.2, 0) is 9.59 Å². The standard InChI is InChI=1S/C10H16O2/c1-7(12)9-5-10(2,3)4-8(9)6-11/h6,8-9H,4-5H2,1-3H3/t8-,9+/m1/s1. The van der Waals surface area contributed by atoms with Crippen molar-refractivity contribution in [2.75, 3.05) is 0 Å². The zero-order valence-electron chi connectivity index (χ0n) is 7.96. The number of carbonyl (C=O) groups is 2. The SMILES string of the molecule is CC(=O)[C@@H]1CC(C)(C)C[C@@H]1C=O. The Hall–Kier alpha value is -0.660. The van der Waals surface area contributed by atoms with Gasteiger partial charge in [-0.25, -0.2) is 0 Å². The molecule has 0 aliphatic heterocycles. The second-order valence-corrected chi connectivity index (χ2v) is 4.59. The first-order chi connectivity index (χ1) is 5.46. The summed E-state index contributed by atoms with van der Waals surface area (Å²) in [6, 6.07) is 0. The Balaban J connectivity index is 2.76. The molecule has 0 saturated heterocycles. The molecule has 1 aliphatic rings. The van der Waals surface area contributed by atoms with E-state index in [1.54, 1.807) is 6.92 Å². The Kier molecular flexibility index (Phi) is 2.36. The highest BCUT2D eigenvalue weighted by Gasteiger charge is 2.40. The van der Waals surface area contributed by atoms with Gasteiger partial charge in [0.2, 0.25) is 0 Å². The molecule has 1 fully saturated rings. The summed E-state index contributed by atoms with van der Waals surface area (Å²) in [4.78, 5) is 21.8. The molecule has 12 heavy (non-hydrogen) atoms. The Bertz CT molecular complexity index is 206. The first kappa shape index (κ1) is 9.43. The van der Waals surface area contributed by atoms with Gasteiger partial charge >= 0.3 is 0 Å². The maximum absolute atomic E-state index is 11.1. The molecule has 1 aliphatic carbocycles. The zero-order chi connectivity index (χ0) is 9.35. The number of aldehydes is 1. The maximum atomic E-state index is 11.1. The van der Waals surface area contributed by atoms with Crippen molar-refractivity contribution in [1.29, 1.82) is 0 Å². The normalized spacial score (nSPS) is 33.2. The molecular formula is C10H16O2. The van der Waals surface area contributed by atoms with Crippen molar-refractivity contribution in [3.63, 3.8) is 0 Å². The van der Waals surface area contributed by atoms with Crippen LogP contribution in [0.25, 0.3) is 0 Å². The van der Waals surface area contributed by atoms with Crippen LogP contribution in [0, 0.1) is 17.3 Å². The monoisotopic (exact) mass is 168 g/mol. The van der Waals surface area contributed by atoms with Crippen LogP contribution in [0.2, 0.25) is 0 Å². The average Bonchev–Trinajstić information content (AvgIpc) is 2.25. The van der Waals surface area contributed by atoms with E-state index in [4.69, 9.17) is 0 Å². The highest BCUT2D eigenvalue weighted by molar-refractivity contribution is 5.82. The van der Waals surface area contributed by atoms with Gasteiger partial charge in [0.05, 0.1) is 0 Å². The van der Waals surface area contributed by atoms with Gasteiger partial charge in [0.15, 0.2) is 0 Å². The molecule has 0 aromatic carbocycles. The van der Waals surface area contributed by atoms with Gasteiger partial charge in [0, 0.05) is 11.8 Å². The smallest absolute Gasteiger partial charge is 0.133 e. The average molecular weight is 168 g/mol. The lowest BCUT2D eigenvalue weighted by atomic mass is 9.90. The van der Waals surface area contributed by atoms with Gasteiger partial charge in [-0.3, -0.25) is 4.79 Å². The summed E-state index contributed by atoms with van der Waals surface area (Å²) in [5.41, 5.74) is 0.169. The lowest BCUT2D eigenvalue weighted by Crippen LogP contribution is -2.16. The van der Waals surface area contributed by atoms with Gasteiger partial charge < -0.3 is 4.79 Å². The van der Waals surface area contributed by atoms with Gasteiger partial charge in [0.1, 0.15) is 12.1 Å². The minimum atomic E-state index is -0.0301. The van der Waals surface area contributed by atoms with E-state index >= 15 is 0 Å². The molecule has 0 bridgehead atoms.